The van der Waals surface area contributed by atoms with Crippen molar-refractivity contribution in [2.45, 2.75) is 63.7 Å². The fraction of sp³-hybridized carbons (Fsp3) is 1.00. The van der Waals surface area contributed by atoms with Gasteiger partial charge in [-0.2, -0.15) is 9.34 Å². The molecule has 3 aliphatic rings. The summed E-state index contributed by atoms with van der Waals surface area (Å²) in [5.74, 6) is 0. The average molecular weight is 343 g/mol. The van der Waals surface area contributed by atoms with Crippen LogP contribution in [-0.2, 0) is 9.47 Å². The summed E-state index contributed by atoms with van der Waals surface area (Å²) in [7, 11) is -1.40. The Morgan fingerprint density at radius 2 is 1.17 bits per heavy atom. The van der Waals surface area contributed by atoms with Crippen LogP contribution >= 0.6 is 7.56 Å². The minimum absolute atomic E-state index is 0.337. The maximum absolute atomic E-state index is 5.72. The Balaban J connectivity index is 1.99. The molecule has 0 spiro atoms. The highest BCUT2D eigenvalue weighted by molar-refractivity contribution is 7.73. The lowest BCUT2D eigenvalue weighted by atomic mass is 10.0. The molecule has 2 heterocycles. The van der Waals surface area contributed by atoms with Crippen LogP contribution in [0.25, 0.3) is 0 Å². The molecule has 0 N–H and O–H groups in total. The number of morpholine rings is 2. The lowest BCUT2D eigenvalue weighted by Gasteiger charge is -2.55. The summed E-state index contributed by atoms with van der Waals surface area (Å²) in [4.78, 5) is 0. The zero-order chi connectivity index (χ0) is 16.3. The predicted molar refractivity (Wildman–Crippen MR) is 98.3 cm³/mol. The van der Waals surface area contributed by atoms with Gasteiger partial charge in [-0.05, 0) is 46.5 Å². The van der Waals surface area contributed by atoms with Crippen LogP contribution in [0.4, 0.5) is 0 Å². The number of nitrogens with zero attached hydrogens (tertiary/aromatic N) is 2. The van der Waals surface area contributed by atoms with E-state index < -0.39 is 7.56 Å². The lowest BCUT2D eigenvalue weighted by molar-refractivity contribution is 0.0518. The van der Waals surface area contributed by atoms with Crippen molar-refractivity contribution in [3.63, 3.8) is 0 Å². The van der Waals surface area contributed by atoms with Crippen molar-refractivity contribution in [3.8, 4) is 0 Å². The summed E-state index contributed by atoms with van der Waals surface area (Å²) in [6.45, 7) is 15.7. The summed E-state index contributed by atoms with van der Waals surface area (Å²) in [6.07, 6.45) is 7.15. The third-order valence-electron chi connectivity index (χ3n) is 5.91. The van der Waals surface area contributed by atoms with E-state index in [1.54, 1.807) is 0 Å². The second kappa shape index (κ2) is 7.66. The molecule has 0 radical (unpaired) electrons. The van der Waals surface area contributed by atoms with Gasteiger partial charge in [0, 0.05) is 0 Å². The molecule has 5 heteroatoms. The Morgan fingerprint density at radius 1 is 0.739 bits per heavy atom. The summed E-state index contributed by atoms with van der Waals surface area (Å²) in [5, 5.41) is 0.337. The number of rotatable bonds is 3. The normalized spacial score (nSPS) is 27.3. The molecular formula is C18H36N2O2P+. The predicted octanol–water partition coefficient (Wildman–Crippen LogP) is 3.63. The summed E-state index contributed by atoms with van der Waals surface area (Å²) >= 11 is 0. The average Bonchev–Trinajstić information content (AvgIpc) is 2.57. The Bertz CT molecular complexity index is 322. The van der Waals surface area contributed by atoms with Crippen molar-refractivity contribution >= 4 is 7.56 Å². The van der Waals surface area contributed by atoms with Crippen LogP contribution in [0.1, 0.15) is 52.9 Å². The molecule has 0 unspecified atom stereocenters. The number of ether oxygens (including phenoxy) is 2. The van der Waals surface area contributed by atoms with E-state index >= 15 is 0 Å². The maximum atomic E-state index is 5.72. The van der Waals surface area contributed by atoms with Crippen molar-refractivity contribution in [1.82, 2.24) is 9.34 Å². The minimum atomic E-state index is -1.40. The first-order valence-electron chi connectivity index (χ1n) is 9.62. The first-order chi connectivity index (χ1) is 11.1. The third-order valence-corrected chi connectivity index (χ3v) is 11.9. The van der Waals surface area contributed by atoms with Gasteiger partial charge in [-0.3, -0.25) is 0 Å². The quantitative estimate of drug-likeness (QED) is 0.731. The fourth-order valence-electron chi connectivity index (χ4n) is 5.20. The lowest BCUT2D eigenvalue weighted by Crippen LogP contribution is -2.55. The molecule has 0 aromatic carbocycles. The van der Waals surface area contributed by atoms with Crippen LogP contribution in [0.3, 0.4) is 0 Å². The van der Waals surface area contributed by atoms with Gasteiger partial charge in [0.15, 0.2) is 7.56 Å². The Kier molecular flexibility index (Phi) is 6.02. The highest BCUT2D eigenvalue weighted by atomic mass is 31.2. The van der Waals surface area contributed by atoms with Gasteiger partial charge in [0.1, 0.15) is 10.8 Å². The highest BCUT2D eigenvalue weighted by Gasteiger charge is 2.64. The van der Waals surface area contributed by atoms with E-state index in [0.717, 1.165) is 58.3 Å². The fourth-order valence-corrected chi connectivity index (χ4v) is 11.9. The second-order valence-corrected chi connectivity index (χ2v) is 12.7. The second-order valence-electron chi connectivity index (χ2n) is 8.24. The van der Waals surface area contributed by atoms with Gasteiger partial charge in [-0.25, -0.2) is 0 Å². The van der Waals surface area contributed by atoms with Gasteiger partial charge in [0.25, 0.3) is 0 Å². The molecule has 4 nitrogen and oxygen atoms in total. The van der Waals surface area contributed by atoms with E-state index in [2.05, 4.69) is 30.1 Å². The molecule has 0 aromatic rings. The molecular weight excluding hydrogens is 307 g/mol. The van der Waals surface area contributed by atoms with Crippen LogP contribution in [0.15, 0.2) is 0 Å². The first kappa shape index (κ1) is 18.1. The number of hydrogen-bond donors (Lipinski definition) is 0. The molecule has 0 amide bonds. The van der Waals surface area contributed by atoms with Gasteiger partial charge in [0.2, 0.25) is 0 Å². The SMILES string of the molecule is CC(C)(C)[P+](C1CCCCC1)(N1CCOCC1)N1CCOCC1. The topological polar surface area (TPSA) is 24.9 Å². The van der Waals surface area contributed by atoms with Crippen molar-refractivity contribution in [2.24, 2.45) is 0 Å². The van der Waals surface area contributed by atoms with Gasteiger partial charge >= 0.3 is 0 Å². The van der Waals surface area contributed by atoms with Crippen molar-refractivity contribution in [1.29, 1.82) is 0 Å². The van der Waals surface area contributed by atoms with Gasteiger partial charge < -0.3 is 9.47 Å². The highest BCUT2D eigenvalue weighted by Crippen LogP contribution is 2.78. The Labute approximate surface area is 143 Å². The molecule has 1 aliphatic carbocycles. The molecule has 0 aromatic heterocycles. The summed E-state index contributed by atoms with van der Waals surface area (Å²) in [6, 6.07) is 0. The van der Waals surface area contributed by atoms with Crippen LogP contribution < -0.4 is 0 Å². The molecule has 134 valence electrons. The molecule has 0 atom stereocenters. The van der Waals surface area contributed by atoms with Gasteiger partial charge in [-0.15, -0.1) is 0 Å². The van der Waals surface area contributed by atoms with Crippen molar-refractivity contribution in [2.75, 3.05) is 52.6 Å². The van der Waals surface area contributed by atoms with Crippen LogP contribution in [0, 0.1) is 0 Å². The van der Waals surface area contributed by atoms with E-state index in [9.17, 15) is 0 Å². The third kappa shape index (κ3) is 3.48. The molecule has 0 bridgehead atoms. The molecule has 2 aliphatic heterocycles. The van der Waals surface area contributed by atoms with E-state index in [0.29, 0.717) is 5.16 Å². The largest absolute Gasteiger partial charge is 0.378 e. The number of hydrogen-bond acceptors (Lipinski definition) is 4. The Morgan fingerprint density at radius 3 is 1.57 bits per heavy atom. The maximum Gasteiger partial charge on any atom is 0.161 e. The summed E-state index contributed by atoms with van der Waals surface area (Å²) in [5.41, 5.74) is 0.882. The van der Waals surface area contributed by atoms with E-state index in [4.69, 9.17) is 9.47 Å². The van der Waals surface area contributed by atoms with Crippen LogP contribution in [0.5, 0.6) is 0 Å². The van der Waals surface area contributed by atoms with Gasteiger partial charge in [0.05, 0.1) is 52.6 Å². The first-order valence-corrected chi connectivity index (χ1v) is 11.4. The van der Waals surface area contributed by atoms with Crippen molar-refractivity contribution < 1.29 is 9.47 Å². The van der Waals surface area contributed by atoms with Gasteiger partial charge in [-0.1, -0.05) is 6.42 Å². The molecule has 3 rings (SSSR count). The summed E-state index contributed by atoms with van der Waals surface area (Å²) < 4.78 is 17.2. The standard InChI is InChI=1S/C18H36N2O2P/c1-18(2,3)23(17-7-5-4-6-8-17,19-9-13-21-14-10-19)20-11-15-22-16-12-20/h17H,4-16H2,1-3H3/q+1. The van der Waals surface area contributed by atoms with E-state index in [1.165, 1.54) is 32.1 Å². The van der Waals surface area contributed by atoms with Crippen molar-refractivity contribution in [3.05, 3.63) is 0 Å². The van der Waals surface area contributed by atoms with E-state index in [-0.39, 0.29) is 0 Å². The zero-order valence-electron chi connectivity index (χ0n) is 15.4. The molecule has 3 fully saturated rings. The monoisotopic (exact) mass is 343 g/mol. The van der Waals surface area contributed by atoms with E-state index in [1.807, 2.05) is 0 Å². The molecule has 1 saturated carbocycles. The van der Waals surface area contributed by atoms with Crippen LogP contribution in [0.2, 0.25) is 0 Å². The minimum Gasteiger partial charge on any atom is -0.378 e. The van der Waals surface area contributed by atoms with Crippen LogP contribution in [-0.4, -0.2) is 72.8 Å². The molecule has 2 saturated heterocycles. The Hall–Kier alpha value is 0.270. The zero-order valence-corrected chi connectivity index (χ0v) is 16.3. The molecule has 23 heavy (non-hydrogen) atoms. The smallest absolute Gasteiger partial charge is 0.161 e.